The molecule has 1 amide bonds. The minimum atomic E-state index is -1.44. The third kappa shape index (κ3) is 3.57. The summed E-state index contributed by atoms with van der Waals surface area (Å²) in [6.45, 7) is 1.13. The second-order valence-corrected chi connectivity index (χ2v) is 4.70. The number of hydrogen-bond acceptors (Lipinski definition) is 3. The monoisotopic (exact) mass is 319 g/mol. The number of rotatable bonds is 4. The number of ketones is 1. The molecule has 0 aliphatic rings. The minimum Gasteiger partial charge on any atom is -0.478 e. The van der Waals surface area contributed by atoms with E-state index in [2.05, 4.69) is 5.32 Å². The Hall–Kier alpha value is -3.09. The predicted molar refractivity (Wildman–Crippen MR) is 77.5 cm³/mol. The van der Waals surface area contributed by atoms with Crippen molar-refractivity contribution in [2.75, 3.05) is 5.32 Å². The van der Waals surface area contributed by atoms with E-state index < -0.39 is 40.4 Å². The molecule has 0 unspecified atom stereocenters. The van der Waals surface area contributed by atoms with Gasteiger partial charge in [-0.1, -0.05) is 12.1 Å². The van der Waals surface area contributed by atoms with E-state index in [0.29, 0.717) is 0 Å². The topological polar surface area (TPSA) is 83.5 Å². The largest absolute Gasteiger partial charge is 0.478 e. The number of hydrogen-bond donors (Lipinski definition) is 2. The second kappa shape index (κ2) is 6.35. The lowest BCUT2D eigenvalue weighted by Gasteiger charge is -2.10. The molecule has 2 aromatic carbocycles. The summed E-state index contributed by atoms with van der Waals surface area (Å²) in [5.74, 6) is -4.59. The number of carbonyl (C=O) groups excluding carboxylic acids is 2. The number of carboxylic acids is 1. The van der Waals surface area contributed by atoms with E-state index >= 15 is 0 Å². The Balaban J connectivity index is 2.55. The maximum absolute atomic E-state index is 14.1. The summed E-state index contributed by atoms with van der Waals surface area (Å²) in [7, 11) is 0. The highest BCUT2D eigenvalue weighted by Gasteiger charge is 2.21. The maximum Gasteiger partial charge on any atom is 0.337 e. The molecular weight excluding hydrogens is 308 g/mol. The number of halogens is 2. The molecule has 0 aliphatic heterocycles. The van der Waals surface area contributed by atoms with Gasteiger partial charge < -0.3 is 10.4 Å². The molecule has 2 N–H and O–H groups in total. The Kier molecular flexibility index (Phi) is 4.49. The molecule has 0 saturated heterocycles. The fraction of sp³-hybridized carbons (Fsp3) is 0.0625. The zero-order valence-corrected chi connectivity index (χ0v) is 11.9. The maximum atomic E-state index is 14.1. The van der Waals surface area contributed by atoms with Crippen molar-refractivity contribution in [3.63, 3.8) is 0 Å². The molecule has 0 radical (unpaired) electrons. The van der Waals surface area contributed by atoms with E-state index in [0.717, 1.165) is 31.2 Å². The molecule has 0 atom stereocenters. The molecule has 0 heterocycles. The van der Waals surface area contributed by atoms with Crippen LogP contribution in [0.2, 0.25) is 0 Å². The van der Waals surface area contributed by atoms with Crippen LogP contribution < -0.4 is 5.32 Å². The number of anilines is 1. The molecule has 0 fully saturated rings. The van der Waals surface area contributed by atoms with Gasteiger partial charge in [-0.05, 0) is 24.3 Å². The van der Waals surface area contributed by atoms with Crippen LogP contribution in [0.3, 0.4) is 0 Å². The lowest BCUT2D eigenvalue weighted by atomic mass is 9.99. The summed E-state index contributed by atoms with van der Waals surface area (Å²) in [6.07, 6.45) is 0. The summed E-state index contributed by atoms with van der Waals surface area (Å²) in [6, 6.07) is 6.17. The summed E-state index contributed by atoms with van der Waals surface area (Å²) in [5, 5.41) is 11.3. The van der Waals surface area contributed by atoms with Crippen molar-refractivity contribution in [2.45, 2.75) is 6.92 Å². The Labute approximate surface area is 129 Å². The first-order valence-electron chi connectivity index (χ1n) is 6.44. The van der Waals surface area contributed by atoms with Crippen LogP contribution in [-0.2, 0) is 4.79 Å². The van der Waals surface area contributed by atoms with Gasteiger partial charge in [0.25, 0.3) is 0 Å². The first kappa shape index (κ1) is 16.3. The number of amides is 1. The van der Waals surface area contributed by atoms with E-state index in [1.165, 1.54) is 12.1 Å². The van der Waals surface area contributed by atoms with Crippen LogP contribution in [0.1, 0.15) is 33.2 Å². The van der Waals surface area contributed by atoms with Crippen molar-refractivity contribution in [1.82, 2.24) is 0 Å². The summed E-state index contributed by atoms with van der Waals surface area (Å²) in [5.41, 5.74) is -1.35. The standard InChI is InChI=1S/C16H11F2NO4/c1-8(20)19-14-7-13(18)11(6-12(14)16(22)23)15(21)9-3-2-4-10(17)5-9/h2-7H,1H3,(H,19,20)(H,22,23). The van der Waals surface area contributed by atoms with Crippen LogP contribution in [0.4, 0.5) is 14.5 Å². The first-order valence-corrected chi connectivity index (χ1v) is 6.44. The van der Waals surface area contributed by atoms with Crippen LogP contribution in [0.15, 0.2) is 36.4 Å². The van der Waals surface area contributed by atoms with Crippen LogP contribution in [0.25, 0.3) is 0 Å². The number of benzene rings is 2. The third-order valence-electron chi connectivity index (χ3n) is 2.98. The lowest BCUT2D eigenvalue weighted by molar-refractivity contribution is -0.114. The van der Waals surface area contributed by atoms with Gasteiger partial charge >= 0.3 is 5.97 Å². The van der Waals surface area contributed by atoms with Crippen molar-refractivity contribution >= 4 is 23.3 Å². The molecule has 0 bridgehead atoms. The normalized spacial score (nSPS) is 10.2. The molecule has 5 nitrogen and oxygen atoms in total. The number of carbonyl (C=O) groups is 3. The zero-order chi connectivity index (χ0) is 17.1. The molecule has 2 rings (SSSR count). The summed E-state index contributed by atoms with van der Waals surface area (Å²) < 4.78 is 27.3. The van der Waals surface area contributed by atoms with Crippen molar-refractivity contribution in [3.05, 3.63) is 64.7 Å². The summed E-state index contributed by atoms with van der Waals surface area (Å²) in [4.78, 5) is 34.5. The fourth-order valence-corrected chi connectivity index (χ4v) is 2.00. The van der Waals surface area contributed by atoms with Gasteiger partial charge in [0.2, 0.25) is 5.91 Å². The Morgan fingerprint density at radius 3 is 2.30 bits per heavy atom. The van der Waals surface area contributed by atoms with E-state index in [4.69, 9.17) is 5.11 Å². The molecule has 0 aromatic heterocycles. The Morgan fingerprint density at radius 2 is 1.74 bits per heavy atom. The van der Waals surface area contributed by atoms with Crippen LogP contribution in [-0.4, -0.2) is 22.8 Å². The zero-order valence-electron chi connectivity index (χ0n) is 11.9. The molecule has 7 heteroatoms. The summed E-state index contributed by atoms with van der Waals surface area (Å²) >= 11 is 0. The molecule has 118 valence electrons. The molecule has 0 spiro atoms. The van der Waals surface area contributed by atoms with Gasteiger partial charge in [-0.3, -0.25) is 9.59 Å². The SMILES string of the molecule is CC(=O)Nc1cc(F)c(C(=O)c2cccc(F)c2)cc1C(=O)O. The van der Waals surface area contributed by atoms with Crippen LogP contribution in [0.5, 0.6) is 0 Å². The van der Waals surface area contributed by atoms with Crippen molar-refractivity contribution in [1.29, 1.82) is 0 Å². The average Bonchev–Trinajstić information content (AvgIpc) is 2.45. The van der Waals surface area contributed by atoms with Gasteiger partial charge in [0.15, 0.2) is 5.78 Å². The highest BCUT2D eigenvalue weighted by Crippen LogP contribution is 2.23. The highest BCUT2D eigenvalue weighted by atomic mass is 19.1. The number of aromatic carboxylic acids is 1. The van der Waals surface area contributed by atoms with Crippen LogP contribution in [0, 0.1) is 11.6 Å². The lowest BCUT2D eigenvalue weighted by Crippen LogP contribution is -2.14. The first-order chi connectivity index (χ1) is 10.8. The third-order valence-corrected chi connectivity index (χ3v) is 2.98. The van der Waals surface area contributed by atoms with Crippen molar-refractivity contribution < 1.29 is 28.3 Å². The molecule has 2 aromatic rings. The van der Waals surface area contributed by atoms with Crippen molar-refractivity contribution in [2.24, 2.45) is 0 Å². The number of carboxylic acid groups (broad SMARTS) is 1. The van der Waals surface area contributed by atoms with E-state index in [9.17, 15) is 23.2 Å². The van der Waals surface area contributed by atoms with Gasteiger partial charge in [0, 0.05) is 12.5 Å². The van der Waals surface area contributed by atoms with Gasteiger partial charge in [-0.25, -0.2) is 13.6 Å². The molecular formula is C16H11F2NO4. The van der Waals surface area contributed by atoms with Crippen molar-refractivity contribution in [3.8, 4) is 0 Å². The fourth-order valence-electron chi connectivity index (χ4n) is 2.00. The average molecular weight is 319 g/mol. The van der Waals surface area contributed by atoms with Gasteiger partial charge in [0.1, 0.15) is 11.6 Å². The predicted octanol–water partition coefficient (Wildman–Crippen LogP) is 2.85. The molecule has 0 saturated carbocycles. The van der Waals surface area contributed by atoms with E-state index in [-0.39, 0.29) is 11.3 Å². The van der Waals surface area contributed by atoms with E-state index in [1.807, 2.05) is 0 Å². The quantitative estimate of drug-likeness (QED) is 0.849. The second-order valence-electron chi connectivity index (χ2n) is 4.70. The number of nitrogens with one attached hydrogen (secondary N) is 1. The van der Waals surface area contributed by atoms with Gasteiger partial charge in [0.05, 0.1) is 16.8 Å². The highest BCUT2D eigenvalue weighted by molar-refractivity contribution is 6.11. The van der Waals surface area contributed by atoms with Gasteiger partial charge in [-0.2, -0.15) is 0 Å². The molecule has 0 aliphatic carbocycles. The molecule has 23 heavy (non-hydrogen) atoms. The van der Waals surface area contributed by atoms with Crippen LogP contribution >= 0.6 is 0 Å². The van der Waals surface area contributed by atoms with E-state index in [1.54, 1.807) is 0 Å². The smallest absolute Gasteiger partial charge is 0.337 e. The Bertz CT molecular complexity index is 818. The van der Waals surface area contributed by atoms with Gasteiger partial charge in [-0.15, -0.1) is 0 Å². The minimum absolute atomic E-state index is 0.118. The Morgan fingerprint density at radius 1 is 1.04 bits per heavy atom.